The lowest BCUT2D eigenvalue weighted by Crippen LogP contribution is -2.47. The molecule has 1 N–H and O–H groups in total. The van der Waals surface area contributed by atoms with Crippen LogP contribution in [-0.4, -0.2) is 40.8 Å². The number of rotatable bonds is 8. The second-order valence-electron chi connectivity index (χ2n) is 5.99. The molecule has 0 heterocycles. The number of methoxy groups -OCH3 is 2. The van der Waals surface area contributed by atoms with Crippen molar-refractivity contribution >= 4 is 38.9 Å². The van der Waals surface area contributed by atoms with E-state index in [-0.39, 0.29) is 12.1 Å². The molecule has 2 rings (SSSR count). The third kappa shape index (κ3) is 4.88. The van der Waals surface area contributed by atoms with Crippen LogP contribution >= 0.6 is 11.6 Å². The van der Waals surface area contributed by atoms with Crippen LogP contribution in [0.15, 0.2) is 42.5 Å². The van der Waals surface area contributed by atoms with Crippen LogP contribution in [0.3, 0.4) is 0 Å². The Morgan fingerprint density at radius 1 is 1.14 bits per heavy atom. The molecule has 2 aromatic carbocycles. The van der Waals surface area contributed by atoms with Gasteiger partial charge in [-0.25, -0.2) is 8.42 Å². The molecule has 0 aliphatic carbocycles. The average Bonchev–Trinajstić information content (AvgIpc) is 2.65. The van der Waals surface area contributed by atoms with Gasteiger partial charge in [0.1, 0.15) is 17.5 Å². The highest BCUT2D eigenvalue weighted by atomic mass is 35.5. The van der Waals surface area contributed by atoms with Crippen molar-refractivity contribution in [1.29, 1.82) is 0 Å². The van der Waals surface area contributed by atoms with Gasteiger partial charge in [-0.2, -0.15) is 0 Å². The van der Waals surface area contributed by atoms with Crippen LogP contribution in [0, 0.1) is 0 Å². The number of hydrogen-bond donors (Lipinski definition) is 1. The molecule has 2 aromatic rings. The third-order valence-corrected chi connectivity index (χ3v) is 5.47. The first kappa shape index (κ1) is 21.8. The Kier molecular flexibility index (Phi) is 7.15. The predicted molar refractivity (Wildman–Crippen MR) is 111 cm³/mol. The molecule has 1 amide bonds. The molecule has 0 fully saturated rings. The maximum atomic E-state index is 13.0. The normalized spacial score (nSPS) is 12.2. The first-order chi connectivity index (χ1) is 13.2. The molecule has 0 spiro atoms. The zero-order valence-corrected chi connectivity index (χ0v) is 17.7. The van der Waals surface area contributed by atoms with E-state index in [0.717, 1.165) is 10.6 Å². The van der Waals surface area contributed by atoms with Gasteiger partial charge in [0, 0.05) is 5.02 Å². The number of nitrogens with zero attached hydrogens (tertiary/aromatic N) is 1. The summed E-state index contributed by atoms with van der Waals surface area (Å²) < 4.78 is 36.8. The Hall–Kier alpha value is -2.45. The Balaban J connectivity index is 2.50. The van der Waals surface area contributed by atoms with E-state index in [9.17, 15) is 13.2 Å². The highest BCUT2D eigenvalue weighted by Crippen LogP contribution is 2.35. The van der Waals surface area contributed by atoms with Crippen molar-refractivity contribution in [3.05, 3.63) is 47.5 Å². The number of halogens is 1. The highest BCUT2D eigenvalue weighted by molar-refractivity contribution is 7.92. The molecule has 0 aliphatic rings. The number of benzene rings is 2. The maximum Gasteiger partial charge on any atom is 0.248 e. The van der Waals surface area contributed by atoms with E-state index in [1.807, 2.05) is 0 Å². The summed E-state index contributed by atoms with van der Waals surface area (Å²) in [6, 6.07) is 10.5. The fourth-order valence-corrected chi connectivity index (χ4v) is 4.21. The summed E-state index contributed by atoms with van der Waals surface area (Å²) in [5.41, 5.74) is 0.638. The Labute approximate surface area is 170 Å². The van der Waals surface area contributed by atoms with Gasteiger partial charge in [-0.15, -0.1) is 0 Å². The molecule has 0 saturated carbocycles. The van der Waals surface area contributed by atoms with E-state index in [4.69, 9.17) is 21.1 Å². The Morgan fingerprint density at radius 2 is 1.79 bits per heavy atom. The summed E-state index contributed by atoms with van der Waals surface area (Å²) in [4.78, 5) is 13.0. The van der Waals surface area contributed by atoms with E-state index in [1.54, 1.807) is 43.3 Å². The quantitative estimate of drug-likeness (QED) is 0.697. The monoisotopic (exact) mass is 426 g/mol. The molecule has 0 aromatic heterocycles. The number of nitrogens with one attached hydrogen (secondary N) is 1. The minimum absolute atomic E-state index is 0.194. The zero-order valence-electron chi connectivity index (χ0n) is 16.1. The third-order valence-electron chi connectivity index (χ3n) is 4.07. The van der Waals surface area contributed by atoms with Gasteiger partial charge >= 0.3 is 0 Å². The van der Waals surface area contributed by atoms with Gasteiger partial charge in [-0.05, 0) is 36.8 Å². The van der Waals surface area contributed by atoms with Gasteiger partial charge in [-0.1, -0.05) is 30.7 Å². The highest BCUT2D eigenvalue weighted by Gasteiger charge is 2.34. The summed E-state index contributed by atoms with van der Waals surface area (Å²) >= 11 is 6.07. The van der Waals surface area contributed by atoms with Crippen LogP contribution in [0.4, 0.5) is 11.4 Å². The van der Waals surface area contributed by atoms with Crippen molar-refractivity contribution in [1.82, 2.24) is 0 Å². The van der Waals surface area contributed by atoms with Crippen LogP contribution in [0.1, 0.15) is 13.3 Å². The standard InChI is InChI=1S/C19H23ClN2O5S/c1-5-15(19(23)21-14-8-6-7-9-17(14)26-2)22(28(4,24)25)16-12-13(20)10-11-18(16)27-3/h6-12,15H,5H2,1-4H3,(H,21,23)/t15-/m1/s1. The van der Waals surface area contributed by atoms with Crippen LogP contribution < -0.4 is 19.1 Å². The van der Waals surface area contributed by atoms with Crippen LogP contribution in [0.25, 0.3) is 0 Å². The van der Waals surface area contributed by atoms with Crippen molar-refractivity contribution in [3.63, 3.8) is 0 Å². The van der Waals surface area contributed by atoms with Crippen molar-refractivity contribution < 1.29 is 22.7 Å². The molecule has 7 nitrogen and oxygen atoms in total. The molecule has 28 heavy (non-hydrogen) atoms. The number of ether oxygens (including phenoxy) is 2. The van der Waals surface area contributed by atoms with E-state index >= 15 is 0 Å². The van der Waals surface area contributed by atoms with Crippen LogP contribution in [0.5, 0.6) is 11.5 Å². The second-order valence-corrected chi connectivity index (χ2v) is 8.28. The van der Waals surface area contributed by atoms with Gasteiger partial charge in [-0.3, -0.25) is 9.10 Å². The first-order valence-corrected chi connectivity index (χ1v) is 10.7. The Morgan fingerprint density at radius 3 is 2.36 bits per heavy atom. The molecule has 0 unspecified atom stereocenters. The van der Waals surface area contributed by atoms with Gasteiger partial charge < -0.3 is 14.8 Å². The summed E-state index contributed by atoms with van der Waals surface area (Å²) in [6.45, 7) is 1.72. The van der Waals surface area contributed by atoms with Crippen molar-refractivity contribution in [2.45, 2.75) is 19.4 Å². The summed E-state index contributed by atoms with van der Waals surface area (Å²) in [6.07, 6.45) is 1.26. The van der Waals surface area contributed by atoms with Gasteiger partial charge in [0.15, 0.2) is 0 Å². The molecule has 9 heteroatoms. The number of carbonyl (C=O) groups is 1. The van der Waals surface area contributed by atoms with Gasteiger partial charge in [0.2, 0.25) is 15.9 Å². The van der Waals surface area contributed by atoms with E-state index < -0.39 is 22.0 Å². The number of carbonyl (C=O) groups excluding carboxylic acids is 1. The number of hydrogen-bond acceptors (Lipinski definition) is 5. The topological polar surface area (TPSA) is 84.9 Å². The minimum Gasteiger partial charge on any atom is -0.495 e. The van der Waals surface area contributed by atoms with E-state index in [1.165, 1.54) is 20.3 Å². The summed E-state index contributed by atoms with van der Waals surface area (Å²) in [7, 11) is -0.921. The minimum atomic E-state index is -3.83. The number of para-hydroxylation sites is 2. The first-order valence-electron chi connectivity index (χ1n) is 8.49. The lowest BCUT2D eigenvalue weighted by Gasteiger charge is -2.31. The molecule has 152 valence electrons. The predicted octanol–water partition coefficient (Wildman–Crippen LogP) is 3.54. The lowest BCUT2D eigenvalue weighted by atomic mass is 10.1. The number of anilines is 2. The molecule has 0 bridgehead atoms. The van der Waals surface area contributed by atoms with Crippen molar-refractivity contribution in [2.24, 2.45) is 0 Å². The summed E-state index contributed by atoms with van der Waals surface area (Å²) in [5, 5.41) is 3.07. The average molecular weight is 427 g/mol. The van der Waals surface area contributed by atoms with Crippen LogP contribution in [-0.2, 0) is 14.8 Å². The Bertz CT molecular complexity index is 949. The number of sulfonamides is 1. The number of amides is 1. The SMILES string of the molecule is CC[C@H](C(=O)Nc1ccccc1OC)N(c1cc(Cl)ccc1OC)S(C)(=O)=O. The largest absolute Gasteiger partial charge is 0.495 e. The van der Waals surface area contributed by atoms with Gasteiger partial charge in [0.25, 0.3) is 0 Å². The maximum absolute atomic E-state index is 13.0. The fourth-order valence-electron chi connectivity index (χ4n) is 2.83. The molecule has 0 aliphatic heterocycles. The van der Waals surface area contributed by atoms with E-state index in [0.29, 0.717) is 22.2 Å². The molecular formula is C19H23ClN2O5S. The lowest BCUT2D eigenvalue weighted by molar-refractivity contribution is -0.117. The van der Waals surface area contributed by atoms with Crippen molar-refractivity contribution in [3.8, 4) is 11.5 Å². The van der Waals surface area contributed by atoms with Gasteiger partial charge in [0.05, 0.1) is 31.9 Å². The van der Waals surface area contributed by atoms with Crippen LogP contribution in [0.2, 0.25) is 5.02 Å². The van der Waals surface area contributed by atoms with E-state index in [2.05, 4.69) is 5.32 Å². The molecular weight excluding hydrogens is 404 g/mol. The fraction of sp³-hybridized carbons (Fsp3) is 0.316. The second kappa shape index (κ2) is 9.16. The molecule has 0 saturated heterocycles. The van der Waals surface area contributed by atoms with Crippen molar-refractivity contribution in [2.75, 3.05) is 30.1 Å². The zero-order chi connectivity index (χ0) is 20.9. The summed E-state index contributed by atoms with van der Waals surface area (Å²) in [5.74, 6) is 0.259. The molecule has 1 atom stereocenters. The smallest absolute Gasteiger partial charge is 0.248 e. The molecule has 0 radical (unpaired) electrons.